The minimum absolute atomic E-state index is 0.0506. The highest BCUT2D eigenvalue weighted by molar-refractivity contribution is 5.93. The third kappa shape index (κ3) is 4.06. The summed E-state index contributed by atoms with van der Waals surface area (Å²) in [6, 6.07) is 3.79. The monoisotopic (exact) mass is 403 g/mol. The van der Waals surface area contributed by atoms with E-state index in [0.29, 0.717) is 32.2 Å². The zero-order chi connectivity index (χ0) is 20.6. The molecule has 0 aliphatic carbocycles. The van der Waals surface area contributed by atoms with E-state index in [4.69, 9.17) is 4.74 Å². The SMILES string of the molecule is CN(C)CC12CN(C(=O)CN3CCOCC3)CC1CN(C(=O)c1cccn1C)C2. The number of rotatable bonds is 5. The van der Waals surface area contributed by atoms with Crippen LogP contribution in [0.4, 0.5) is 0 Å². The van der Waals surface area contributed by atoms with Crippen LogP contribution in [-0.4, -0.2) is 116 Å². The van der Waals surface area contributed by atoms with Crippen LogP contribution in [0.1, 0.15) is 10.5 Å². The Kier molecular flexibility index (Phi) is 5.68. The highest BCUT2D eigenvalue weighted by atomic mass is 16.5. The van der Waals surface area contributed by atoms with Crippen LogP contribution in [0.15, 0.2) is 18.3 Å². The Balaban J connectivity index is 1.45. The quantitative estimate of drug-likeness (QED) is 0.683. The maximum absolute atomic E-state index is 13.1. The standard InChI is InChI=1S/C21H33N5O3/c1-22(2)14-21-15-25(19(27)13-24-7-9-29-10-8-24)11-17(21)12-26(16-21)20(28)18-5-4-6-23(18)3/h4-6,17H,7-16H2,1-3H3. The van der Waals surface area contributed by atoms with Gasteiger partial charge in [-0.1, -0.05) is 0 Å². The molecule has 0 bridgehead atoms. The Bertz CT molecular complexity index is 757. The molecule has 2 unspecified atom stereocenters. The fourth-order valence-corrected chi connectivity index (χ4v) is 5.27. The number of amides is 2. The Hall–Kier alpha value is -1.90. The van der Waals surface area contributed by atoms with Gasteiger partial charge in [-0.25, -0.2) is 0 Å². The Morgan fingerprint density at radius 1 is 1.17 bits per heavy atom. The van der Waals surface area contributed by atoms with E-state index in [0.717, 1.165) is 45.0 Å². The lowest BCUT2D eigenvalue weighted by Crippen LogP contribution is -2.47. The van der Waals surface area contributed by atoms with Crippen LogP contribution in [0.5, 0.6) is 0 Å². The van der Waals surface area contributed by atoms with Crippen molar-refractivity contribution in [2.45, 2.75) is 0 Å². The van der Waals surface area contributed by atoms with Gasteiger partial charge in [-0.05, 0) is 26.2 Å². The number of likely N-dealkylation sites (tertiary alicyclic amines) is 2. The maximum Gasteiger partial charge on any atom is 0.270 e. The van der Waals surface area contributed by atoms with E-state index >= 15 is 0 Å². The lowest BCUT2D eigenvalue weighted by Gasteiger charge is -2.33. The van der Waals surface area contributed by atoms with Crippen molar-refractivity contribution >= 4 is 11.8 Å². The molecular weight excluding hydrogens is 370 g/mol. The fourth-order valence-electron chi connectivity index (χ4n) is 5.27. The van der Waals surface area contributed by atoms with Crippen molar-refractivity contribution in [1.29, 1.82) is 0 Å². The van der Waals surface area contributed by atoms with E-state index in [2.05, 4.69) is 23.9 Å². The van der Waals surface area contributed by atoms with Crippen molar-refractivity contribution in [2.24, 2.45) is 18.4 Å². The van der Waals surface area contributed by atoms with Gasteiger partial charge in [0.2, 0.25) is 5.91 Å². The fraction of sp³-hybridized carbons (Fsp3) is 0.714. The lowest BCUT2D eigenvalue weighted by molar-refractivity contribution is -0.133. The number of aryl methyl sites for hydroxylation is 1. The van der Waals surface area contributed by atoms with Gasteiger partial charge >= 0.3 is 0 Å². The summed E-state index contributed by atoms with van der Waals surface area (Å²) in [7, 11) is 6.06. The summed E-state index contributed by atoms with van der Waals surface area (Å²) in [5.41, 5.74) is 0.676. The molecule has 8 heteroatoms. The number of aromatic nitrogens is 1. The maximum atomic E-state index is 13.1. The van der Waals surface area contributed by atoms with Crippen molar-refractivity contribution < 1.29 is 14.3 Å². The largest absolute Gasteiger partial charge is 0.379 e. The van der Waals surface area contributed by atoms with Crippen molar-refractivity contribution in [3.63, 3.8) is 0 Å². The number of carbonyl (C=O) groups is 2. The Morgan fingerprint density at radius 2 is 1.86 bits per heavy atom. The number of nitrogens with zero attached hydrogens (tertiary/aromatic N) is 5. The number of hydrogen-bond donors (Lipinski definition) is 0. The summed E-state index contributed by atoms with van der Waals surface area (Å²) in [6.45, 7) is 7.32. The van der Waals surface area contributed by atoms with E-state index in [1.807, 2.05) is 39.7 Å². The van der Waals surface area contributed by atoms with Crippen LogP contribution in [0.25, 0.3) is 0 Å². The first kappa shape index (κ1) is 20.4. The van der Waals surface area contributed by atoms with Gasteiger partial charge in [0.25, 0.3) is 5.91 Å². The van der Waals surface area contributed by atoms with Gasteiger partial charge in [-0.3, -0.25) is 14.5 Å². The summed E-state index contributed by atoms with van der Waals surface area (Å²) in [4.78, 5) is 34.4. The third-order valence-corrected chi connectivity index (χ3v) is 6.66. The van der Waals surface area contributed by atoms with Crippen LogP contribution in [0.2, 0.25) is 0 Å². The molecule has 2 amide bonds. The Morgan fingerprint density at radius 3 is 2.52 bits per heavy atom. The lowest BCUT2D eigenvalue weighted by atomic mass is 9.80. The van der Waals surface area contributed by atoms with Crippen LogP contribution in [0, 0.1) is 11.3 Å². The first-order chi connectivity index (χ1) is 13.9. The number of morpholine rings is 1. The molecule has 1 aromatic heterocycles. The molecule has 3 saturated heterocycles. The van der Waals surface area contributed by atoms with Gasteiger partial charge < -0.3 is 24.0 Å². The van der Waals surface area contributed by atoms with Crippen molar-refractivity contribution in [3.8, 4) is 0 Å². The smallest absolute Gasteiger partial charge is 0.270 e. The number of carbonyl (C=O) groups excluding carboxylic acids is 2. The summed E-state index contributed by atoms with van der Waals surface area (Å²) in [5.74, 6) is 0.624. The summed E-state index contributed by atoms with van der Waals surface area (Å²) >= 11 is 0. The molecule has 0 aromatic carbocycles. The normalized spacial score (nSPS) is 27.7. The predicted molar refractivity (Wildman–Crippen MR) is 110 cm³/mol. The number of ether oxygens (including phenoxy) is 1. The minimum Gasteiger partial charge on any atom is -0.379 e. The second-order valence-electron chi connectivity index (χ2n) is 9.15. The van der Waals surface area contributed by atoms with E-state index in [-0.39, 0.29) is 17.2 Å². The second-order valence-corrected chi connectivity index (χ2v) is 9.15. The molecule has 3 aliphatic rings. The molecule has 4 heterocycles. The second kappa shape index (κ2) is 8.08. The predicted octanol–water partition coefficient (Wildman–Crippen LogP) is -0.180. The topological polar surface area (TPSA) is 61.3 Å². The van der Waals surface area contributed by atoms with Gasteiger partial charge in [0, 0.05) is 70.4 Å². The van der Waals surface area contributed by atoms with E-state index in [1.54, 1.807) is 0 Å². The molecule has 1 aromatic rings. The van der Waals surface area contributed by atoms with Gasteiger partial charge in [-0.2, -0.15) is 0 Å². The molecular formula is C21H33N5O3. The van der Waals surface area contributed by atoms with Crippen LogP contribution >= 0.6 is 0 Å². The zero-order valence-corrected chi connectivity index (χ0v) is 17.8. The van der Waals surface area contributed by atoms with Gasteiger partial charge in [0.05, 0.1) is 19.8 Å². The van der Waals surface area contributed by atoms with Crippen molar-refractivity contribution in [1.82, 2.24) is 24.2 Å². The van der Waals surface area contributed by atoms with Crippen LogP contribution in [-0.2, 0) is 16.6 Å². The highest BCUT2D eigenvalue weighted by Crippen LogP contribution is 2.43. The molecule has 3 fully saturated rings. The van der Waals surface area contributed by atoms with Crippen molar-refractivity contribution in [3.05, 3.63) is 24.0 Å². The Labute approximate surface area is 173 Å². The summed E-state index contributed by atoms with van der Waals surface area (Å²) in [6.07, 6.45) is 1.91. The van der Waals surface area contributed by atoms with E-state index in [9.17, 15) is 9.59 Å². The van der Waals surface area contributed by atoms with E-state index in [1.165, 1.54) is 0 Å². The first-order valence-corrected chi connectivity index (χ1v) is 10.5. The molecule has 4 rings (SSSR count). The third-order valence-electron chi connectivity index (χ3n) is 6.66. The van der Waals surface area contributed by atoms with Crippen LogP contribution in [0.3, 0.4) is 0 Å². The molecule has 29 heavy (non-hydrogen) atoms. The number of hydrogen-bond acceptors (Lipinski definition) is 5. The van der Waals surface area contributed by atoms with Gasteiger partial charge in [0.15, 0.2) is 0 Å². The van der Waals surface area contributed by atoms with E-state index < -0.39 is 0 Å². The van der Waals surface area contributed by atoms with Gasteiger partial charge in [0.1, 0.15) is 5.69 Å². The minimum atomic E-state index is -0.0506. The average molecular weight is 404 g/mol. The molecule has 8 nitrogen and oxygen atoms in total. The molecule has 0 N–H and O–H groups in total. The molecule has 0 saturated carbocycles. The van der Waals surface area contributed by atoms with Gasteiger partial charge in [-0.15, -0.1) is 0 Å². The van der Waals surface area contributed by atoms with Crippen molar-refractivity contribution in [2.75, 3.05) is 79.7 Å². The molecule has 160 valence electrons. The molecule has 2 atom stereocenters. The zero-order valence-electron chi connectivity index (χ0n) is 17.8. The number of fused-ring (bicyclic) bond motifs is 1. The molecule has 0 radical (unpaired) electrons. The molecule has 3 aliphatic heterocycles. The van der Waals surface area contributed by atoms with Crippen LogP contribution < -0.4 is 0 Å². The first-order valence-electron chi connectivity index (χ1n) is 10.5. The summed E-state index contributed by atoms with van der Waals surface area (Å²) < 4.78 is 7.27. The average Bonchev–Trinajstić information content (AvgIpc) is 3.33. The summed E-state index contributed by atoms with van der Waals surface area (Å²) in [5, 5.41) is 0. The molecule has 0 spiro atoms. The highest BCUT2D eigenvalue weighted by Gasteiger charge is 2.54.